The molecule has 0 amide bonds. The van der Waals surface area contributed by atoms with Crippen LogP contribution in [0.2, 0.25) is 0 Å². The van der Waals surface area contributed by atoms with Gasteiger partial charge in [-0.15, -0.1) is 46.8 Å². The van der Waals surface area contributed by atoms with E-state index in [4.69, 9.17) is 11.1 Å². The van der Waals surface area contributed by atoms with Crippen molar-refractivity contribution in [2.75, 3.05) is 11.6 Å². The van der Waals surface area contributed by atoms with Crippen molar-refractivity contribution in [2.45, 2.75) is 11.5 Å². The standard InChI is InChI=1S/C16H16N4OS3.ClH/c1-22-13-11(7-23-14(13)15(17)18)12-8-24-16(20-12)19-10-4-2-3-9(5-10)6-21;/h2-5,7-8,21H,6H2,1H3,(H3,17,18)(H,19,20);1H. The van der Waals surface area contributed by atoms with E-state index in [9.17, 15) is 5.11 Å². The minimum Gasteiger partial charge on any atom is -0.392 e. The zero-order valence-electron chi connectivity index (χ0n) is 13.3. The van der Waals surface area contributed by atoms with Gasteiger partial charge in [0, 0.05) is 26.9 Å². The number of nitrogens with one attached hydrogen (secondary N) is 2. The first-order valence-corrected chi connectivity index (χ1v) is 10.0. The summed E-state index contributed by atoms with van der Waals surface area (Å²) in [6, 6.07) is 7.60. The van der Waals surface area contributed by atoms with Gasteiger partial charge in [-0.2, -0.15) is 0 Å². The fourth-order valence-electron chi connectivity index (χ4n) is 2.24. The number of halogens is 1. The van der Waals surface area contributed by atoms with Gasteiger partial charge in [0.1, 0.15) is 5.84 Å². The molecule has 0 atom stereocenters. The number of aromatic nitrogens is 1. The summed E-state index contributed by atoms with van der Waals surface area (Å²) in [7, 11) is 0. The highest BCUT2D eigenvalue weighted by molar-refractivity contribution is 7.99. The number of aliphatic hydroxyl groups excluding tert-OH is 1. The first-order valence-electron chi connectivity index (χ1n) is 7.05. The monoisotopic (exact) mass is 412 g/mol. The third-order valence-electron chi connectivity index (χ3n) is 3.34. The maximum atomic E-state index is 9.22. The van der Waals surface area contributed by atoms with Crippen LogP contribution in [0.1, 0.15) is 10.4 Å². The quantitative estimate of drug-likeness (QED) is 0.271. The number of thioether (sulfide) groups is 1. The summed E-state index contributed by atoms with van der Waals surface area (Å²) in [4.78, 5) is 6.42. The predicted octanol–water partition coefficient (Wildman–Crippen LogP) is 4.54. The number of rotatable bonds is 6. The molecule has 0 aliphatic heterocycles. The van der Waals surface area contributed by atoms with Crippen LogP contribution < -0.4 is 11.1 Å². The van der Waals surface area contributed by atoms with Crippen molar-refractivity contribution in [3.05, 3.63) is 45.5 Å². The number of thiophene rings is 1. The molecule has 0 bridgehead atoms. The smallest absolute Gasteiger partial charge is 0.187 e. The maximum Gasteiger partial charge on any atom is 0.187 e. The van der Waals surface area contributed by atoms with Gasteiger partial charge in [-0.3, -0.25) is 5.41 Å². The van der Waals surface area contributed by atoms with E-state index < -0.39 is 0 Å². The van der Waals surface area contributed by atoms with Crippen LogP contribution in [-0.2, 0) is 6.61 Å². The molecule has 0 saturated carbocycles. The van der Waals surface area contributed by atoms with Gasteiger partial charge in [0.05, 0.1) is 17.2 Å². The Kier molecular flexibility index (Phi) is 6.86. The van der Waals surface area contributed by atoms with Crippen LogP contribution in [0, 0.1) is 5.41 Å². The van der Waals surface area contributed by atoms with Gasteiger partial charge in [-0.05, 0) is 24.0 Å². The normalized spacial score (nSPS) is 10.3. The molecule has 9 heteroatoms. The van der Waals surface area contributed by atoms with E-state index >= 15 is 0 Å². The van der Waals surface area contributed by atoms with Gasteiger partial charge in [0.25, 0.3) is 0 Å². The molecule has 0 unspecified atom stereocenters. The van der Waals surface area contributed by atoms with Crippen LogP contribution in [-0.4, -0.2) is 22.2 Å². The molecule has 2 aromatic heterocycles. The molecule has 1 aromatic carbocycles. The number of anilines is 2. The fourth-order valence-corrected chi connectivity index (χ4v) is 4.93. The van der Waals surface area contributed by atoms with Crippen LogP contribution in [0.25, 0.3) is 11.3 Å². The second kappa shape index (κ2) is 8.68. The lowest BCUT2D eigenvalue weighted by Gasteiger charge is -2.04. The summed E-state index contributed by atoms with van der Waals surface area (Å²) in [5.74, 6) is 0.0880. The molecule has 2 heterocycles. The molecule has 3 rings (SSSR count). The molecule has 0 spiro atoms. The summed E-state index contributed by atoms with van der Waals surface area (Å²) in [5, 5.41) is 24.9. The van der Waals surface area contributed by atoms with Crippen molar-refractivity contribution in [2.24, 2.45) is 5.73 Å². The molecular formula is C16H17ClN4OS3. The summed E-state index contributed by atoms with van der Waals surface area (Å²) in [6.45, 7) is 0.0124. The number of amidine groups is 1. The number of nitrogen functional groups attached to an aromatic ring is 1. The highest BCUT2D eigenvalue weighted by Crippen LogP contribution is 2.39. The summed E-state index contributed by atoms with van der Waals surface area (Å²) >= 11 is 4.56. The van der Waals surface area contributed by atoms with Crippen molar-refractivity contribution in [3.8, 4) is 11.3 Å². The molecular weight excluding hydrogens is 396 g/mol. The van der Waals surface area contributed by atoms with Gasteiger partial charge in [-0.1, -0.05) is 12.1 Å². The average molecular weight is 413 g/mol. The fraction of sp³-hybridized carbons (Fsp3) is 0.125. The highest BCUT2D eigenvalue weighted by Gasteiger charge is 2.16. The average Bonchev–Trinajstić information content (AvgIpc) is 3.21. The number of thiazole rings is 1. The molecule has 0 aliphatic rings. The van der Waals surface area contributed by atoms with Gasteiger partial charge < -0.3 is 16.2 Å². The number of benzene rings is 1. The second-order valence-electron chi connectivity index (χ2n) is 4.95. The zero-order chi connectivity index (χ0) is 17.1. The van der Waals surface area contributed by atoms with E-state index in [-0.39, 0.29) is 24.8 Å². The van der Waals surface area contributed by atoms with Crippen molar-refractivity contribution in [3.63, 3.8) is 0 Å². The van der Waals surface area contributed by atoms with Gasteiger partial charge in [0.2, 0.25) is 0 Å². The van der Waals surface area contributed by atoms with Crippen LogP contribution in [0.4, 0.5) is 10.8 Å². The van der Waals surface area contributed by atoms with E-state index in [0.717, 1.165) is 37.4 Å². The van der Waals surface area contributed by atoms with Gasteiger partial charge >= 0.3 is 0 Å². The Morgan fingerprint density at radius 1 is 1.36 bits per heavy atom. The van der Waals surface area contributed by atoms with Crippen LogP contribution in [0.15, 0.2) is 39.9 Å². The minimum absolute atomic E-state index is 0. The third kappa shape index (κ3) is 4.34. The summed E-state index contributed by atoms with van der Waals surface area (Å²) in [5.41, 5.74) is 9.26. The van der Waals surface area contributed by atoms with Crippen molar-refractivity contribution in [1.29, 1.82) is 5.41 Å². The number of hydrogen-bond donors (Lipinski definition) is 4. The van der Waals surface area contributed by atoms with Crippen molar-refractivity contribution in [1.82, 2.24) is 4.98 Å². The molecule has 0 radical (unpaired) electrons. The number of nitrogens with zero attached hydrogens (tertiary/aromatic N) is 1. The Morgan fingerprint density at radius 2 is 2.16 bits per heavy atom. The molecule has 132 valence electrons. The van der Waals surface area contributed by atoms with Gasteiger partial charge in [-0.25, -0.2) is 4.98 Å². The Balaban J connectivity index is 0.00000225. The predicted molar refractivity (Wildman–Crippen MR) is 111 cm³/mol. The van der Waals surface area contributed by atoms with E-state index in [1.807, 2.05) is 41.3 Å². The molecule has 0 aliphatic carbocycles. The van der Waals surface area contributed by atoms with Crippen molar-refractivity contribution < 1.29 is 5.11 Å². The molecule has 3 aromatic rings. The molecule has 0 fully saturated rings. The Morgan fingerprint density at radius 3 is 2.84 bits per heavy atom. The first kappa shape index (κ1) is 19.7. The molecule has 5 nitrogen and oxygen atoms in total. The first-order chi connectivity index (χ1) is 11.6. The minimum atomic E-state index is 0. The van der Waals surface area contributed by atoms with Gasteiger partial charge in [0.15, 0.2) is 5.13 Å². The summed E-state index contributed by atoms with van der Waals surface area (Å²) in [6.07, 6.45) is 1.98. The lowest BCUT2D eigenvalue weighted by molar-refractivity contribution is 0.282. The lowest BCUT2D eigenvalue weighted by Crippen LogP contribution is -2.09. The van der Waals surface area contributed by atoms with E-state index in [0.29, 0.717) is 0 Å². The van der Waals surface area contributed by atoms with Crippen LogP contribution in [0.3, 0.4) is 0 Å². The Hall–Kier alpha value is -1.58. The second-order valence-corrected chi connectivity index (χ2v) is 7.50. The maximum absolute atomic E-state index is 9.22. The summed E-state index contributed by atoms with van der Waals surface area (Å²) < 4.78 is 0. The van der Waals surface area contributed by atoms with Crippen molar-refractivity contribution >= 4 is 63.5 Å². The Labute approximate surface area is 164 Å². The Bertz CT molecular complexity index is 878. The third-order valence-corrected chi connectivity index (χ3v) is 6.07. The highest BCUT2D eigenvalue weighted by atomic mass is 35.5. The number of aliphatic hydroxyl groups is 1. The largest absolute Gasteiger partial charge is 0.392 e. The van der Waals surface area contributed by atoms with Crippen LogP contribution >= 0.6 is 46.8 Å². The zero-order valence-corrected chi connectivity index (χ0v) is 16.5. The van der Waals surface area contributed by atoms with E-state index in [2.05, 4.69) is 10.3 Å². The van der Waals surface area contributed by atoms with E-state index in [1.54, 1.807) is 11.8 Å². The SMILES string of the molecule is CSc1c(-c2csc(Nc3cccc(CO)c3)n2)csc1C(=N)N.Cl. The topological polar surface area (TPSA) is 95.0 Å². The van der Waals surface area contributed by atoms with Crippen LogP contribution in [0.5, 0.6) is 0 Å². The lowest BCUT2D eigenvalue weighted by atomic mass is 10.2. The molecule has 5 N–H and O–H groups in total. The molecule has 25 heavy (non-hydrogen) atoms. The number of hydrogen-bond acceptors (Lipinski definition) is 7. The molecule has 0 saturated heterocycles. The number of nitrogens with two attached hydrogens (primary N) is 1. The van der Waals surface area contributed by atoms with E-state index in [1.165, 1.54) is 22.7 Å².